The van der Waals surface area contributed by atoms with Crippen molar-refractivity contribution >= 4 is 22.4 Å². The van der Waals surface area contributed by atoms with Gasteiger partial charge in [0.2, 0.25) is 0 Å². The van der Waals surface area contributed by atoms with E-state index in [9.17, 15) is 4.79 Å². The van der Waals surface area contributed by atoms with Crippen molar-refractivity contribution in [2.45, 2.75) is 13.5 Å². The maximum absolute atomic E-state index is 11.1. The summed E-state index contributed by atoms with van der Waals surface area (Å²) >= 11 is 1.47. The van der Waals surface area contributed by atoms with E-state index >= 15 is 0 Å². The molecule has 21 heavy (non-hydrogen) atoms. The van der Waals surface area contributed by atoms with Gasteiger partial charge in [-0.3, -0.25) is 4.79 Å². The molecule has 108 valence electrons. The SMILES string of the molecule is CC(CN(Cc1cccc(C#N)c1)c1nccs1)C(=O)O. The molecule has 2 rings (SSSR count). The second kappa shape index (κ2) is 6.86. The monoisotopic (exact) mass is 301 g/mol. The molecule has 0 saturated heterocycles. The lowest BCUT2D eigenvalue weighted by Crippen LogP contribution is -2.31. The van der Waals surface area contributed by atoms with E-state index in [0.717, 1.165) is 10.7 Å². The predicted molar refractivity (Wildman–Crippen MR) is 81.1 cm³/mol. The minimum atomic E-state index is -0.831. The lowest BCUT2D eigenvalue weighted by atomic mass is 10.1. The average molecular weight is 301 g/mol. The molecule has 2 aromatic rings. The highest BCUT2D eigenvalue weighted by atomic mass is 32.1. The summed E-state index contributed by atoms with van der Waals surface area (Å²) in [5.74, 6) is -1.32. The molecule has 0 aliphatic carbocycles. The van der Waals surface area contributed by atoms with Crippen LogP contribution in [0.2, 0.25) is 0 Å². The minimum absolute atomic E-state index is 0.375. The number of nitriles is 1. The fourth-order valence-corrected chi connectivity index (χ4v) is 2.60. The first-order valence-electron chi connectivity index (χ1n) is 6.46. The fourth-order valence-electron chi connectivity index (χ4n) is 1.95. The number of aliphatic carboxylic acids is 1. The van der Waals surface area contributed by atoms with Gasteiger partial charge in [0.1, 0.15) is 0 Å². The Morgan fingerprint density at radius 3 is 3.00 bits per heavy atom. The summed E-state index contributed by atoms with van der Waals surface area (Å²) in [6, 6.07) is 9.42. The second-order valence-electron chi connectivity index (χ2n) is 4.75. The molecule has 1 unspecified atom stereocenters. The Kier molecular flexibility index (Phi) is 4.90. The molecule has 0 aliphatic rings. The van der Waals surface area contributed by atoms with Gasteiger partial charge in [0.25, 0.3) is 0 Å². The van der Waals surface area contributed by atoms with Gasteiger partial charge in [-0.1, -0.05) is 19.1 Å². The molecule has 0 fully saturated rings. The predicted octanol–water partition coefficient (Wildman–Crippen LogP) is 2.74. The Morgan fingerprint density at radius 2 is 2.38 bits per heavy atom. The lowest BCUT2D eigenvalue weighted by molar-refractivity contribution is -0.140. The van der Waals surface area contributed by atoms with Gasteiger partial charge >= 0.3 is 5.97 Å². The molecule has 0 amide bonds. The van der Waals surface area contributed by atoms with E-state index in [2.05, 4.69) is 11.1 Å². The topological polar surface area (TPSA) is 77.2 Å². The minimum Gasteiger partial charge on any atom is -0.481 e. The normalized spacial score (nSPS) is 11.6. The maximum atomic E-state index is 11.1. The van der Waals surface area contributed by atoms with Crippen molar-refractivity contribution in [1.82, 2.24) is 4.98 Å². The molecule has 0 radical (unpaired) electrons. The first-order chi connectivity index (χ1) is 10.1. The fraction of sp³-hybridized carbons (Fsp3) is 0.267. The highest BCUT2D eigenvalue weighted by Gasteiger charge is 2.18. The van der Waals surface area contributed by atoms with E-state index in [4.69, 9.17) is 10.4 Å². The Hall–Kier alpha value is -2.39. The maximum Gasteiger partial charge on any atom is 0.308 e. The number of rotatable bonds is 6. The van der Waals surface area contributed by atoms with E-state index in [-0.39, 0.29) is 0 Å². The number of thiazole rings is 1. The van der Waals surface area contributed by atoms with Crippen LogP contribution in [0.3, 0.4) is 0 Å². The van der Waals surface area contributed by atoms with Gasteiger partial charge in [0.15, 0.2) is 5.13 Å². The van der Waals surface area contributed by atoms with Crippen LogP contribution in [0.15, 0.2) is 35.8 Å². The first kappa shape index (κ1) is 15.0. The molecule has 1 N–H and O–H groups in total. The van der Waals surface area contributed by atoms with Crippen molar-refractivity contribution < 1.29 is 9.90 Å². The van der Waals surface area contributed by atoms with Crippen molar-refractivity contribution in [2.24, 2.45) is 5.92 Å². The number of nitrogens with zero attached hydrogens (tertiary/aromatic N) is 3. The average Bonchev–Trinajstić information content (AvgIpc) is 3.00. The third kappa shape index (κ3) is 4.04. The summed E-state index contributed by atoms with van der Waals surface area (Å²) < 4.78 is 0. The zero-order valence-corrected chi connectivity index (χ0v) is 12.4. The highest BCUT2D eigenvalue weighted by Crippen LogP contribution is 2.21. The summed E-state index contributed by atoms with van der Waals surface area (Å²) in [5.41, 5.74) is 1.56. The van der Waals surface area contributed by atoms with Gasteiger partial charge in [-0.15, -0.1) is 11.3 Å². The van der Waals surface area contributed by atoms with Gasteiger partial charge < -0.3 is 10.0 Å². The Morgan fingerprint density at radius 1 is 1.57 bits per heavy atom. The summed E-state index contributed by atoms with van der Waals surface area (Å²) in [6.07, 6.45) is 1.70. The van der Waals surface area contributed by atoms with E-state index in [1.54, 1.807) is 19.2 Å². The third-order valence-electron chi connectivity index (χ3n) is 3.04. The Bertz CT molecular complexity index is 649. The quantitative estimate of drug-likeness (QED) is 0.887. The largest absolute Gasteiger partial charge is 0.481 e. The van der Waals surface area contributed by atoms with Crippen LogP contribution in [-0.2, 0) is 11.3 Å². The number of anilines is 1. The molecule has 1 aromatic carbocycles. The van der Waals surface area contributed by atoms with Crippen LogP contribution in [-0.4, -0.2) is 22.6 Å². The van der Waals surface area contributed by atoms with Crippen LogP contribution >= 0.6 is 11.3 Å². The molecule has 5 nitrogen and oxygen atoms in total. The number of carboxylic acids is 1. The molecule has 0 aliphatic heterocycles. The first-order valence-corrected chi connectivity index (χ1v) is 7.34. The van der Waals surface area contributed by atoms with Gasteiger partial charge in [0, 0.05) is 24.7 Å². The van der Waals surface area contributed by atoms with E-state index < -0.39 is 11.9 Å². The van der Waals surface area contributed by atoms with Crippen LogP contribution in [0.25, 0.3) is 0 Å². The van der Waals surface area contributed by atoms with Crippen LogP contribution in [0.4, 0.5) is 5.13 Å². The van der Waals surface area contributed by atoms with Crippen LogP contribution in [0, 0.1) is 17.2 Å². The van der Waals surface area contributed by atoms with Crippen molar-refractivity contribution in [3.05, 3.63) is 47.0 Å². The molecule has 0 spiro atoms. The standard InChI is InChI=1S/C15H15N3O2S/c1-11(14(19)20)9-18(15-17-5-6-21-15)10-13-4-2-3-12(7-13)8-16/h2-7,11H,9-10H2,1H3,(H,19,20). The van der Waals surface area contributed by atoms with Gasteiger partial charge in [-0.25, -0.2) is 4.98 Å². The van der Waals surface area contributed by atoms with Crippen LogP contribution < -0.4 is 4.90 Å². The summed E-state index contributed by atoms with van der Waals surface area (Å²) in [4.78, 5) is 17.3. The van der Waals surface area contributed by atoms with E-state index in [0.29, 0.717) is 18.7 Å². The van der Waals surface area contributed by atoms with E-state index in [1.165, 1.54) is 11.3 Å². The van der Waals surface area contributed by atoms with Crippen molar-refractivity contribution in [3.63, 3.8) is 0 Å². The van der Waals surface area contributed by atoms with Crippen molar-refractivity contribution in [2.75, 3.05) is 11.4 Å². The number of hydrogen-bond donors (Lipinski definition) is 1. The second-order valence-corrected chi connectivity index (χ2v) is 5.62. The molecular formula is C15H15N3O2S. The van der Waals surface area contributed by atoms with Gasteiger partial charge in [-0.2, -0.15) is 5.26 Å². The number of hydrogen-bond acceptors (Lipinski definition) is 5. The number of benzene rings is 1. The Labute approximate surface area is 127 Å². The number of aromatic nitrogens is 1. The molecule has 1 aromatic heterocycles. The van der Waals surface area contributed by atoms with Gasteiger partial charge in [-0.05, 0) is 17.7 Å². The molecule has 0 bridgehead atoms. The van der Waals surface area contributed by atoms with Gasteiger partial charge in [0.05, 0.1) is 17.6 Å². The number of carboxylic acid groups (broad SMARTS) is 1. The molecular weight excluding hydrogens is 286 g/mol. The highest BCUT2D eigenvalue weighted by molar-refractivity contribution is 7.13. The molecule has 1 heterocycles. The summed E-state index contributed by atoms with van der Waals surface area (Å²) in [5, 5.41) is 20.7. The van der Waals surface area contributed by atoms with E-state index in [1.807, 2.05) is 28.5 Å². The van der Waals surface area contributed by atoms with Crippen LogP contribution in [0.5, 0.6) is 0 Å². The van der Waals surface area contributed by atoms with Crippen LogP contribution in [0.1, 0.15) is 18.1 Å². The molecule has 0 saturated carbocycles. The molecule has 1 atom stereocenters. The third-order valence-corrected chi connectivity index (χ3v) is 3.87. The zero-order valence-electron chi connectivity index (χ0n) is 11.6. The molecule has 6 heteroatoms. The van der Waals surface area contributed by atoms with Crippen molar-refractivity contribution in [1.29, 1.82) is 5.26 Å². The summed E-state index contributed by atoms with van der Waals surface area (Å²) in [6.45, 7) is 2.58. The zero-order chi connectivity index (χ0) is 15.2. The van der Waals surface area contributed by atoms with Crippen molar-refractivity contribution in [3.8, 4) is 6.07 Å². The summed E-state index contributed by atoms with van der Waals surface area (Å²) in [7, 11) is 0. The lowest BCUT2D eigenvalue weighted by Gasteiger charge is -2.24. The Balaban J connectivity index is 2.20. The number of carbonyl (C=O) groups is 1. The smallest absolute Gasteiger partial charge is 0.308 e.